The molecule has 0 unspecified atom stereocenters. The number of fused-ring (bicyclic) bond motifs is 2. The smallest absolute Gasteiger partial charge is 0.256 e. The van der Waals surface area contributed by atoms with E-state index >= 15 is 0 Å². The number of carbonyl (C=O) groups excluding carboxylic acids is 1. The molecule has 0 bridgehead atoms. The van der Waals surface area contributed by atoms with E-state index in [9.17, 15) is 14.9 Å². The molecule has 0 aliphatic carbocycles. The molecule has 4 rings (SSSR count). The van der Waals surface area contributed by atoms with Gasteiger partial charge in [0.1, 0.15) is 0 Å². The van der Waals surface area contributed by atoms with E-state index in [1.807, 2.05) is 43.3 Å². The van der Waals surface area contributed by atoms with E-state index in [1.54, 1.807) is 18.2 Å². The number of carbonyl (C=O) groups is 1. The van der Waals surface area contributed by atoms with Gasteiger partial charge in [-0.2, -0.15) is 0 Å². The zero-order valence-electron chi connectivity index (χ0n) is 13.1. The summed E-state index contributed by atoms with van der Waals surface area (Å²) in [4.78, 5) is 24.5. The molecular formula is C18H17N3O3. The number of benzene rings is 2. The minimum absolute atomic E-state index is 0.209. The molecule has 24 heavy (non-hydrogen) atoms. The van der Waals surface area contributed by atoms with E-state index < -0.39 is 17.5 Å². The summed E-state index contributed by atoms with van der Waals surface area (Å²) in [7, 11) is 0. The van der Waals surface area contributed by atoms with Crippen molar-refractivity contribution in [1.82, 2.24) is 5.32 Å². The van der Waals surface area contributed by atoms with Gasteiger partial charge in [-0.3, -0.25) is 20.2 Å². The molecule has 4 atom stereocenters. The van der Waals surface area contributed by atoms with Gasteiger partial charge in [-0.25, -0.2) is 0 Å². The van der Waals surface area contributed by atoms with Crippen molar-refractivity contribution in [2.45, 2.75) is 30.5 Å². The Bertz CT molecular complexity index is 823. The summed E-state index contributed by atoms with van der Waals surface area (Å²) in [5.74, 6) is -0.742. The number of amides is 1. The van der Waals surface area contributed by atoms with Gasteiger partial charge in [0.15, 0.2) is 5.54 Å². The van der Waals surface area contributed by atoms with Crippen LogP contribution in [0.2, 0.25) is 0 Å². The number of para-hydroxylation sites is 1. The highest BCUT2D eigenvalue weighted by atomic mass is 16.6. The third-order valence-corrected chi connectivity index (χ3v) is 5.15. The normalized spacial score (nSPS) is 31.0. The van der Waals surface area contributed by atoms with Crippen molar-refractivity contribution in [3.63, 3.8) is 0 Å². The fraction of sp³-hybridized carbons (Fsp3) is 0.278. The summed E-state index contributed by atoms with van der Waals surface area (Å²) in [6.45, 7) is 1.90. The van der Waals surface area contributed by atoms with Crippen molar-refractivity contribution in [3.05, 3.63) is 75.8 Å². The molecule has 0 saturated carbocycles. The van der Waals surface area contributed by atoms with E-state index in [1.165, 1.54) is 0 Å². The number of nitro groups is 1. The lowest BCUT2D eigenvalue weighted by atomic mass is 9.78. The second-order valence-electron chi connectivity index (χ2n) is 6.41. The summed E-state index contributed by atoms with van der Waals surface area (Å²) in [5, 5.41) is 18.1. The van der Waals surface area contributed by atoms with Gasteiger partial charge in [-0.05, 0) is 18.6 Å². The Morgan fingerprint density at radius 1 is 1.08 bits per heavy atom. The van der Waals surface area contributed by atoms with Crippen LogP contribution in [0.3, 0.4) is 0 Å². The van der Waals surface area contributed by atoms with E-state index in [2.05, 4.69) is 10.6 Å². The second-order valence-corrected chi connectivity index (χ2v) is 6.41. The average molecular weight is 323 g/mol. The highest BCUT2D eigenvalue weighted by Crippen LogP contribution is 2.49. The van der Waals surface area contributed by atoms with Crippen molar-refractivity contribution in [3.8, 4) is 0 Å². The molecule has 2 aliphatic heterocycles. The van der Waals surface area contributed by atoms with Gasteiger partial charge in [-0.15, -0.1) is 0 Å². The number of nitrogens with one attached hydrogen (secondary N) is 2. The number of hydrogen-bond donors (Lipinski definition) is 2. The molecule has 6 nitrogen and oxygen atoms in total. The number of rotatable bonds is 2. The van der Waals surface area contributed by atoms with E-state index in [4.69, 9.17) is 0 Å². The van der Waals surface area contributed by atoms with Crippen molar-refractivity contribution in [2.24, 2.45) is 0 Å². The fourth-order valence-electron chi connectivity index (χ4n) is 4.23. The summed E-state index contributed by atoms with van der Waals surface area (Å²) in [6, 6.07) is 15.3. The van der Waals surface area contributed by atoms with Crippen LogP contribution >= 0.6 is 0 Å². The molecular weight excluding hydrogens is 306 g/mol. The minimum atomic E-state index is -1.33. The highest BCUT2D eigenvalue weighted by Gasteiger charge is 2.67. The van der Waals surface area contributed by atoms with Gasteiger partial charge in [0, 0.05) is 22.2 Å². The maximum absolute atomic E-state index is 12.8. The number of nitrogens with zero attached hydrogens (tertiary/aromatic N) is 1. The van der Waals surface area contributed by atoms with Gasteiger partial charge < -0.3 is 5.32 Å². The van der Waals surface area contributed by atoms with Gasteiger partial charge in [0.2, 0.25) is 0 Å². The Morgan fingerprint density at radius 3 is 2.46 bits per heavy atom. The second kappa shape index (κ2) is 5.14. The summed E-state index contributed by atoms with van der Waals surface area (Å²) >= 11 is 0. The van der Waals surface area contributed by atoms with E-state index in [-0.39, 0.29) is 16.9 Å². The van der Waals surface area contributed by atoms with Crippen LogP contribution in [-0.2, 0) is 10.3 Å². The first-order chi connectivity index (χ1) is 11.6. The number of hydrogen-bond acceptors (Lipinski definition) is 4. The standard InChI is InChI=1S/C18H17N3O3/c1-11-15(12-7-3-2-4-8-12)16(21(23)24)18(20-11)13-9-5-6-10-14(13)19-17(18)22/h2-11,15-16,20H,1H3,(H,19,22)/t11-,15-,16-,18-/m0/s1. The molecule has 122 valence electrons. The Balaban J connectivity index is 1.91. The molecule has 2 heterocycles. The Hall–Kier alpha value is -2.73. The fourth-order valence-corrected chi connectivity index (χ4v) is 4.23. The molecule has 2 aromatic carbocycles. The summed E-state index contributed by atoms with van der Waals surface area (Å²) in [6.07, 6.45) is 0. The van der Waals surface area contributed by atoms with Crippen LogP contribution in [0.25, 0.3) is 0 Å². The van der Waals surface area contributed by atoms with Crippen LogP contribution < -0.4 is 10.6 Å². The molecule has 6 heteroatoms. The zero-order chi connectivity index (χ0) is 16.9. The van der Waals surface area contributed by atoms with Crippen LogP contribution in [0, 0.1) is 10.1 Å². The van der Waals surface area contributed by atoms with Crippen molar-refractivity contribution in [1.29, 1.82) is 0 Å². The molecule has 2 N–H and O–H groups in total. The quantitative estimate of drug-likeness (QED) is 0.656. The van der Waals surface area contributed by atoms with Crippen molar-refractivity contribution >= 4 is 11.6 Å². The van der Waals surface area contributed by atoms with Crippen LogP contribution in [0.5, 0.6) is 0 Å². The zero-order valence-corrected chi connectivity index (χ0v) is 13.1. The van der Waals surface area contributed by atoms with Crippen molar-refractivity contribution < 1.29 is 9.72 Å². The Labute approximate surface area is 139 Å². The first-order valence-corrected chi connectivity index (χ1v) is 7.93. The molecule has 1 saturated heterocycles. The van der Waals surface area contributed by atoms with Crippen molar-refractivity contribution in [2.75, 3.05) is 5.32 Å². The molecule has 1 spiro atoms. The first kappa shape index (κ1) is 14.8. The molecule has 0 aromatic heterocycles. The van der Waals surface area contributed by atoms with Crippen LogP contribution in [0.4, 0.5) is 5.69 Å². The molecule has 2 aliphatic rings. The van der Waals surface area contributed by atoms with Gasteiger partial charge in [0.25, 0.3) is 11.9 Å². The first-order valence-electron chi connectivity index (χ1n) is 7.93. The van der Waals surface area contributed by atoms with Gasteiger partial charge >= 0.3 is 0 Å². The van der Waals surface area contributed by atoms with E-state index in [0.717, 1.165) is 5.56 Å². The van der Waals surface area contributed by atoms with Crippen LogP contribution in [0.1, 0.15) is 24.0 Å². The average Bonchev–Trinajstić information content (AvgIpc) is 3.04. The van der Waals surface area contributed by atoms with Gasteiger partial charge in [0.05, 0.1) is 5.92 Å². The minimum Gasteiger partial charge on any atom is -0.324 e. The molecule has 1 amide bonds. The third-order valence-electron chi connectivity index (χ3n) is 5.15. The maximum atomic E-state index is 12.8. The predicted molar refractivity (Wildman–Crippen MR) is 89.3 cm³/mol. The molecule has 1 fully saturated rings. The largest absolute Gasteiger partial charge is 0.324 e. The molecule has 0 radical (unpaired) electrons. The SMILES string of the molecule is C[C@@H]1N[C@]2(C(=O)Nc3ccccc32)[C@@H]([N+](=O)[O-])[C@@H]1c1ccccc1. The van der Waals surface area contributed by atoms with Gasteiger partial charge in [-0.1, -0.05) is 48.5 Å². The molecule has 2 aromatic rings. The predicted octanol–water partition coefficient (Wildman–Crippen LogP) is 2.25. The Kier molecular flexibility index (Phi) is 3.18. The van der Waals surface area contributed by atoms with Crippen LogP contribution in [0.15, 0.2) is 54.6 Å². The summed E-state index contributed by atoms with van der Waals surface area (Å²) in [5.41, 5.74) is 0.831. The third kappa shape index (κ3) is 1.83. The maximum Gasteiger partial charge on any atom is 0.256 e. The lowest BCUT2D eigenvalue weighted by Crippen LogP contribution is -2.54. The lowest BCUT2D eigenvalue weighted by Gasteiger charge is -2.25. The summed E-state index contributed by atoms with van der Waals surface area (Å²) < 4.78 is 0. The van der Waals surface area contributed by atoms with E-state index in [0.29, 0.717) is 11.3 Å². The monoisotopic (exact) mass is 323 g/mol. The lowest BCUT2D eigenvalue weighted by molar-refractivity contribution is -0.532. The number of anilines is 1. The highest BCUT2D eigenvalue weighted by molar-refractivity contribution is 6.07. The Morgan fingerprint density at radius 2 is 1.75 bits per heavy atom. The topological polar surface area (TPSA) is 84.3 Å². The van der Waals surface area contributed by atoms with Crippen LogP contribution in [-0.4, -0.2) is 22.9 Å².